The molecule has 1 aromatic heterocycles. The first-order valence-corrected chi connectivity index (χ1v) is 6.82. The van der Waals surface area contributed by atoms with E-state index < -0.39 is 0 Å². The van der Waals surface area contributed by atoms with E-state index in [-0.39, 0.29) is 11.6 Å². The molecule has 1 heterocycles. The number of carbonyl (C=O) groups is 1. The van der Waals surface area contributed by atoms with Crippen molar-refractivity contribution in [2.45, 2.75) is 20.0 Å². The lowest BCUT2D eigenvalue weighted by molar-refractivity contribution is 0.0945. The third-order valence-corrected chi connectivity index (χ3v) is 2.82. The van der Waals surface area contributed by atoms with Crippen molar-refractivity contribution in [1.29, 1.82) is 0 Å². The van der Waals surface area contributed by atoms with Crippen molar-refractivity contribution in [1.82, 2.24) is 15.6 Å². The summed E-state index contributed by atoms with van der Waals surface area (Å²) in [6.45, 7) is 3.37. The average molecular weight is 289 g/mol. The van der Waals surface area contributed by atoms with Crippen LogP contribution in [0.3, 0.4) is 0 Å². The number of hydrogen-bond acceptors (Lipinski definition) is 5. The van der Waals surface area contributed by atoms with Crippen molar-refractivity contribution in [3.63, 3.8) is 0 Å². The second-order valence-electron chi connectivity index (χ2n) is 4.38. The van der Waals surface area contributed by atoms with Gasteiger partial charge in [0.1, 0.15) is 12.0 Å². The van der Waals surface area contributed by atoms with E-state index in [2.05, 4.69) is 15.6 Å². The Morgan fingerprint density at radius 3 is 2.90 bits per heavy atom. The Labute approximate surface area is 123 Å². The van der Waals surface area contributed by atoms with Gasteiger partial charge in [0.05, 0.1) is 13.2 Å². The van der Waals surface area contributed by atoms with Gasteiger partial charge in [-0.15, -0.1) is 0 Å². The van der Waals surface area contributed by atoms with Gasteiger partial charge in [-0.25, -0.2) is 4.98 Å². The molecule has 2 N–H and O–H groups in total. The molecule has 0 unspecified atom stereocenters. The van der Waals surface area contributed by atoms with Gasteiger partial charge in [0, 0.05) is 12.1 Å². The predicted octanol–water partition coefficient (Wildman–Crippen LogP) is 1.72. The van der Waals surface area contributed by atoms with E-state index in [9.17, 15) is 4.79 Å². The second kappa shape index (κ2) is 7.44. The lowest BCUT2D eigenvalue weighted by atomic mass is 10.2. The molecule has 0 aliphatic rings. The third kappa shape index (κ3) is 4.06. The van der Waals surface area contributed by atoms with E-state index in [4.69, 9.17) is 9.15 Å². The maximum Gasteiger partial charge on any atom is 0.273 e. The molecule has 112 valence electrons. The molecule has 2 aromatic rings. The number of nitrogens with one attached hydrogen (secondary N) is 2. The number of ether oxygens (including phenoxy) is 1. The number of aromatic nitrogens is 1. The van der Waals surface area contributed by atoms with Gasteiger partial charge in [0.15, 0.2) is 5.69 Å². The summed E-state index contributed by atoms with van der Waals surface area (Å²) in [6.07, 6.45) is 1.36. The lowest BCUT2D eigenvalue weighted by Gasteiger charge is -2.10. The van der Waals surface area contributed by atoms with Crippen molar-refractivity contribution in [2.75, 3.05) is 13.7 Å². The number of amides is 1. The van der Waals surface area contributed by atoms with Crippen LogP contribution in [-0.4, -0.2) is 24.5 Å². The molecular weight excluding hydrogens is 270 g/mol. The van der Waals surface area contributed by atoms with Gasteiger partial charge in [0.2, 0.25) is 5.89 Å². The summed E-state index contributed by atoms with van der Waals surface area (Å²) in [5.74, 6) is 0.987. The van der Waals surface area contributed by atoms with Gasteiger partial charge in [-0.3, -0.25) is 4.79 Å². The molecule has 0 radical (unpaired) electrons. The number of benzene rings is 1. The molecule has 0 fully saturated rings. The number of rotatable bonds is 7. The highest BCUT2D eigenvalue weighted by Crippen LogP contribution is 2.17. The fraction of sp³-hybridized carbons (Fsp3) is 0.333. The summed E-state index contributed by atoms with van der Waals surface area (Å²) >= 11 is 0. The van der Waals surface area contributed by atoms with Crippen LogP contribution in [0.2, 0.25) is 0 Å². The van der Waals surface area contributed by atoms with Crippen molar-refractivity contribution in [2.24, 2.45) is 0 Å². The molecule has 2 rings (SSSR count). The first kappa shape index (κ1) is 15.1. The molecule has 6 nitrogen and oxygen atoms in total. The van der Waals surface area contributed by atoms with Crippen LogP contribution in [0, 0.1) is 0 Å². The second-order valence-corrected chi connectivity index (χ2v) is 4.38. The van der Waals surface area contributed by atoms with E-state index in [0.29, 0.717) is 25.6 Å². The zero-order valence-electron chi connectivity index (χ0n) is 12.2. The molecule has 6 heteroatoms. The van der Waals surface area contributed by atoms with Crippen LogP contribution in [0.5, 0.6) is 5.75 Å². The predicted molar refractivity (Wildman–Crippen MR) is 78.0 cm³/mol. The van der Waals surface area contributed by atoms with Crippen LogP contribution in [-0.2, 0) is 13.1 Å². The molecular formula is C15H19N3O3. The summed E-state index contributed by atoms with van der Waals surface area (Å²) in [5.41, 5.74) is 1.20. The first-order chi connectivity index (χ1) is 10.2. The molecule has 0 aliphatic heterocycles. The van der Waals surface area contributed by atoms with E-state index in [1.165, 1.54) is 6.26 Å². The van der Waals surface area contributed by atoms with Gasteiger partial charge in [-0.2, -0.15) is 0 Å². The van der Waals surface area contributed by atoms with Crippen molar-refractivity contribution >= 4 is 5.91 Å². The van der Waals surface area contributed by atoms with Crippen LogP contribution in [0.25, 0.3) is 0 Å². The van der Waals surface area contributed by atoms with Crippen molar-refractivity contribution in [3.05, 3.63) is 47.7 Å². The summed E-state index contributed by atoms with van der Waals surface area (Å²) in [7, 11) is 1.79. The van der Waals surface area contributed by atoms with Crippen molar-refractivity contribution in [3.8, 4) is 5.75 Å². The van der Waals surface area contributed by atoms with Crippen LogP contribution in [0.1, 0.15) is 28.9 Å². The standard InChI is InChI=1S/C15H19N3O3/c1-3-20-13-7-5-4-6-11(13)8-17-15(19)12-10-21-14(18-12)9-16-2/h4-7,10,16H,3,8-9H2,1-2H3,(H,17,19). The summed E-state index contributed by atoms with van der Waals surface area (Å²) in [5, 5.41) is 5.72. The number of nitrogens with zero attached hydrogens (tertiary/aromatic N) is 1. The average Bonchev–Trinajstić information content (AvgIpc) is 2.95. The normalized spacial score (nSPS) is 10.4. The van der Waals surface area contributed by atoms with Gasteiger partial charge in [0.25, 0.3) is 5.91 Å². The summed E-state index contributed by atoms with van der Waals surface area (Å²) in [6, 6.07) is 7.61. The topological polar surface area (TPSA) is 76.4 Å². The Morgan fingerprint density at radius 2 is 2.14 bits per heavy atom. The van der Waals surface area contributed by atoms with E-state index in [1.807, 2.05) is 31.2 Å². The minimum atomic E-state index is -0.271. The van der Waals surface area contributed by atoms with Crippen LogP contribution in [0.15, 0.2) is 34.9 Å². The lowest BCUT2D eigenvalue weighted by Crippen LogP contribution is -2.23. The summed E-state index contributed by atoms with van der Waals surface area (Å²) in [4.78, 5) is 16.1. The molecule has 0 saturated carbocycles. The third-order valence-electron chi connectivity index (χ3n) is 2.82. The van der Waals surface area contributed by atoms with E-state index >= 15 is 0 Å². The molecule has 0 spiro atoms. The SMILES string of the molecule is CCOc1ccccc1CNC(=O)c1coc(CNC)n1. The molecule has 0 aliphatic carbocycles. The van der Waals surface area contributed by atoms with Crippen molar-refractivity contribution < 1.29 is 13.9 Å². The highest BCUT2D eigenvalue weighted by Gasteiger charge is 2.12. The van der Waals surface area contributed by atoms with Gasteiger partial charge < -0.3 is 19.8 Å². The quantitative estimate of drug-likeness (QED) is 0.811. The first-order valence-electron chi connectivity index (χ1n) is 6.82. The molecule has 0 atom stereocenters. The molecule has 0 bridgehead atoms. The van der Waals surface area contributed by atoms with Crippen LogP contribution >= 0.6 is 0 Å². The largest absolute Gasteiger partial charge is 0.494 e. The molecule has 0 saturated heterocycles. The van der Waals surface area contributed by atoms with E-state index in [0.717, 1.165) is 11.3 Å². The minimum Gasteiger partial charge on any atom is -0.494 e. The molecule has 1 amide bonds. The number of hydrogen-bond donors (Lipinski definition) is 2. The zero-order chi connectivity index (χ0) is 15.1. The molecule has 1 aromatic carbocycles. The maximum atomic E-state index is 12.0. The fourth-order valence-electron chi connectivity index (χ4n) is 1.86. The monoisotopic (exact) mass is 289 g/mol. The highest BCUT2D eigenvalue weighted by atomic mass is 16.5. The number of para-hydroxylation sites is 1. The summed E-state index contributed by atoms with van der Waals surface area (Å²) < 4.78 is 10.7. The Bertz CT molecular complexity index is 595. The molecule has 21 heavy (non-hydrogen) atoms. The van der Waals surface area contributed by atoms with E-state index in [1.54, 1.807) is 7.05 Å². The fourth-order valence-corrected chi connectivity index (χ4v) is 1.86. The number of oxazole rings is 1. The Kier molecular flexibility index (Phi) is 5.34. The van der Waals surface area contributed by atoms with Crippen LogP contribution in [0.4, 0.5) is 0 Å². The highest BCUT2D eigenvalue weighted by molar-refractivity contribution is 5.91. The van der Waals surface area contributed by atoms with Crippen LogP contribution < -0.4 is 15.4 Å². The minimum absolute atomic E-state index is 0.271. The smallest absolute Gasteiger partial charge is 0.273 e. The number of carbonyl (C=O) groups excluding carboxylic acids is 1. The Balaban J connectivity index is 1.97. The Hall–Kier alpha value is -2.34. The van der Waals surface area contributed by atoms with Gasteiger partial charge in [-0.05, 0) is 20.0 Å². The van der Waals surface area contributed by atoms with Gasteiger partial charge >= 0.3 is 0 Å². The van der Waals surface area contributed by atoms with Gasteiger partial charge in [-0.1, -0.05) is 18.2 Å². The maximum absolute atomic E-state index is 12.0. The zero-order valence-corrected chi connectivity index (χ0v) is 12.2. The Morgan fingerprint density at radius 1 is 1.33 bits per heavy atom.